The van der Waals surface area contributed by atoms with Crippen LogP contribution in [0.3, 0.4) is 0 Å². The average Bonchev–Trinajstić information content (AvgIpc) is 3.61. The van der Waals surface area contributed by atoms with E-state index in [-0.39, 0.29) is 11.9 Å². The Bertz CT molecular complexity index is 1530. The van der Waals surface area contributed by atoms with E-state index in [4.69, 9.17) is 21.1 Å². The third-order valence-electron chi connectivity index (χ3n) is 7.20. The lowest BCUT2D eigenvalue weighted by atomic mass is 9.96. The fourth-order valence-electron chi connectivity index (χ4n) is 5.26. The van der Waals surface area contributed by atoms with Crippen molar-refractivity contribution in [3.8, 4) is 17.1 Å². The summed E-state index contributed by atoms with van der Waals surface area (Å²) in [5.41, 5.74) is 4.21. The van der Waals surface area contributed by atoms with Crippen molar-refractivity contribution in [2.75, 3.05) is 26.2 Å². The zero-order valence-electron chi connectivity index (χ0n) is 21.7. The van der Waals surface area contributed by atoms with Crippen molar-refractivity contribution in [3.63, 3.8) is 0 Å². The number of carbonyl (C=O) groups is 1. The SMILES string of the molecule is Cc1ccc(-c2cc(C(=O)N3CCN(C(c4ccccc4)c4ccccc4)CC3)n(-c3ccccc3Cl)n2)o1. The van der Waals surface area contributed by atoms with Crippen molar-refractivity contribution < 1.29 is 9.21 Å². The molecule has 0 N–H and O–H groups in total. The normalized spacial score (nSPS) is 14.2. The molecule has 7 heteroatoms. The van der Waals surface area contributed by atoms with Gasteiger partial charge in [-0.05, 0) is 42.3 Å². The maximum Gasteiger partial charge on any atom is 0.272 e. The number of aryl methyl sites for hydroxylation is 1. The smallest absolute Gasteiger partial charge is 0.272 e. The number of benzene rings is 3. The standard InChI is InChI=1S/C32H29ClN4O2/c1-23-16-17-30(39-23)27-22-29(37(34-27)28-15-9-8-14-26(28)33)32(38)36-20-18-35(19-21-36)31(24-10-4-2-5-11-24)25-12-6-3-7-13-25/h2-17,22,31H,18-21H2,1H3. The van der Waals surface area contributed by atoms with Crippen LogP contribution in [0.15, 0.2) is 108 Å². The van der Waals surface area contributed by atoms with Gasteiger partial charge in [0.25, 0.3) is 5.91 Å². The van der Waals surface area contributed by atoms with Crippen LogP contribution < -0.4 is 0 Å². The van der Waals surface area contributed by atoms with Gasteiger partial charge in [-0.2, -0.15) is 5.10 Å². The second-order valence-electron chi connectivity index (χ2n) is 9.74. The number of aromatic nitrogens is 2. The molecule has 3 aromatic carbocycles. The second kappa shape index (κ2) is 10.9. The van der Waals surface area contributed by atoms with E-state index in [1.807, 2.05) is 54.3 Å². The summed E-state index contributed by atoms with van der Waals surface area (Å²) in [6.45, 7) is 4.61. The van der Waals surface area contributed by atoms with Gasteiger partial charge in [0.05, 0.1) is 16.8 Å². The summed E-state index contributed by atoms with van der Waals surface area (Å²) >= 11 is 6.54. The lowest BCUT2D eigenvalue weighted by Crippen LogP contribution is -2.50. The van der Waals surface area contributed by atoms with Crippen LogP contribution >= 0.6 is 11.6 Å². The van der Waals surface area contributed by atoms with Gasteiger partial charge >= 0.3 is 0 Å². The number of piperazine rings is 1. The summed E-state index contributed by atoms with van der Waals surface area (Å²) < 4.78 is 7.45. The van der Waals surface area contributed by atoms with Gasteiger partial charge < -0.3 is 9.32 Å². The molecular weight excluding hydrogens is 508 g/mol. The summed E-state index contributed by atoms with van der Waals surface area (Å²) in [5.74, 6) is 1.32. The van der Waals surface area contributed by atoms with Crippen LogP contribution in [0.5, 0.6) is 0 Å². The lowest BCUT2D eigenvalue weighted by molar-refractivity contribution is 0.0589. The van der Waals surface area contributed by atoms with Gasteiger partial charge in [0, 0.05) is 32.2 Å². The summed E-state index contributed by atoms with van der Waals surface area (Å²) in [6, 6.07) is 34.2. The molecule has 6 nitrogen and oxygen atoms in total. The Hall–Kier alpha value is -4.13. The summed E-state index contributed by atoms with van der Waals surface area (Å²) in [6.07, 6.45) is 0. The Morgan fingerprint density at radius 2 is 1.44 bits per heavy atom. The maximum atomic E-state index is 13.9. The molecule has 3 heterocycles. The van der Waals surface area contributed by atoms with Crippen LogP contribution in [0, 0.1) is 6.92 Å². The van der Waals surface area contributed by atoms with Crippen molar-refractivity contribution in [1.29, 1.82) is 0 Å². The number of furan rings is 1. The lowest BCUT2D eigenvalue weighted by Gasteiger charge is -2.39. The Morgan fingerprint density at radius 1 is 0.821 bits per heavy atom. The van der Waals surface area contributed by atoms with E-state index >= 15 is 0 Å². The molecule has 39 heavy (non-hydrogen) atoms. The van der Waals surface area contributed by atoms with Gasteiger partial charge in [0.1, 0.15) is 17.1 Å². The zero-order chi connectivity index (χ0) is 26.8. The van der Waals surface area contributed by atoms with E-state index in [9.17, 15) is 4.79 Å². The topological polar surface area (TPSA) is 54.5 Å². The molecule has 0 radical (unpaired) electrons. The molecule has 0 spiro atoms. The van der Waals surface area contributed by atoms with E-state index in [1.54, 1.807) is 16.8 Å². The molecule has 5 aromatic rings. The summed E-state index contributed by atoms with van der Waals surface area (Å²) in [7, 11) is 0. The molecule has 0 aliphatic carbocycles. The first kappa shape index (κ1) is 25.2. The number of hydrogen-bond acceptors (Lipinski definition) is 4. The predicted molar refractivity (Wildman–Crippen MR) is 153 cm³/mol. The van der Waals surface area contributed by atoms with E-state index in [2.05, 4.69) is 53.4 Å². The number of nitrogens with zero attached hydrogens (tertiary/aromatic N) is 4. The molecule has 196 valence electrons. The van der Waals surface area contributed by atoms with Crippen LogP contribution in [-0.2, 0) is 0 Å². The highest BCUT2D eigenvalue weighted by Gasteiger charge is 2.31. The van der Waals surface area contributed by atoms with Crippen molar-refractivity contribution in [1.82, 2.24) is 19.6 Å². The third-order valence-corrected chi connectivity index (χ3v) is 7.52. The zero-order valence-corrected chi connectivity index (χ0v) is 22.5. The van der Waals surface area contributed by atoms with Gasteiger partial charge in [-0.3, -0.25) is 9.69 Å². The van der Waals surface area contributed by atoms with Crippen molar-refractivity contribution in [2.45, 2.75) is 13.0 Å². The van der Waals surface area contributed by atoms with Crippen molar-refractivity contribution in [2.24, 2.45) is 0 Å². The molecule has 0 bridgehead atoms. The molecule has 0 unspecified atom stereocenters. The third kappa shape index (κ3) is 5.13. The van der Waals surface area contributed by atoms with Crippen molar-refractivity contribution in [3.05, 3.63) is 131 Å². The highest BCUT2D eigenvalue weighted by Crippen LogP contribution is 2.31. The Morgan fingerprint density at radius 3 is 2.03 bits per heavy atom. The van der Waals surface area contributed by atoms with Gasteiger partial charge in [-0.25, -0.2) is 4.68 Å². The van der Waals surface area contributed by atoms with Gasteiger partial charge in [-0.15, -0.1) is 0 Å². The molecule has 1 fully saturated rings. The quantitative estimate of drug-likeness (QED) is 0.244. The van der Waals surface area contributed by atoms with E-state index < -0.39 is 0 Å². The molecule has 0 atom stereocenters. The molecule has 2 aromatic heterocycles. The minimum Gasteiger partial charge on any atom is -0.460 e. The van der Waals surface area contributed by atoms with Crippen molar-refractivity contribution >= 4 is 17.5 Å². The minimum absolute atomic E-state index is 0.0763. The molecule has 6 rings (SSSR count). The summed E-state index contributed by atoms with van der Waals surface area (Å²) in [4.78, 5) is 18.3. The fourth-order valence-corrected chi connectivity index (χ4v) is 5.48. The van der Waals surface area contributed by atoms with E-state index in [1.165, 1.54) is 11.1 Å². The number of para-hydroxylation sites is 1. The molecule has 1 aliphatic heterocycles. The number of amides is 1. The first-order valence-corrected chi connectivity index (χ1v) is 13.5. The molecule has 1 amide bonds. The van der Waals surface area contributed by atoms with Crippen LogP contribution in [-0.4, -0.2) is 51.7 Å². The van der Waals surface area contributed by atoms with Crippen LogP contribution in [0.4, 0.5) is 0 Å². The first-order chi connectivity index (χ1) is 19.1. The minimum atomic E-state index is -0.0763. The Balaban J connectivity index is 1.28. The Kier molecular flexibility index (Phi) is 7.05. The van der Waals surface area contributed by atoms with Gasteiger partial charge in [0.15, 0.2) is 5.76 Å². The number of carbonyl (C=O) groups excluding carboxylic acids is 1. The fraction of sp³-hybridized carbons (Fsp3) is 0.188. The largest absolute Gasteiger partial charge is 0.460 e. The van der Waals surface area contributed by atoms with Crippen LogP contribution in [0.25, 0.3) is 17.1 Å². The molecule has 0 saturated carbocycles. The second-order valence-corrected chi connectivity index (χ2v) is 10.1. The highest BCUT2D eigenvalue weighted by molar-refractivity contribution is 6.32. The monoisotopic (exact) mass is 536 g/mol. The van der Waals surface area contributed by atoms with Crippen LogP contribution in [0.1, 0.15) is 33.4 Å². The van der Waals surface area contributed by atoms with E-state index in [0.717, 1.165) is 18.8 Å². The Labute approximate surface area is 233 Å². The molecule has 1 saturated heterocycles. The average molecular weight is 537 g/mol. The summed E-state index contributed by atoms with van der Waals surface area (Å²) in [5, 5.41) is 5.27. The van der Waals surface area contributed by atoms with Crippen LogP contribution in [0.2, 0.25) is 5.02 Å². The van der Waals surface area contributed by atoms with E-state index in [0.29, 0.717) is 40.9 Å². The van der Waals surface area contributed by atoms with Gasteiger partial charge in [-0.1, -0.05) is 84.4 Å². The maximum absolute atomic E-state index is 13.9. The molecule has 1 aliphatic rings. The highest BCUT2D eigenvalue weighted by atomic mass is 35.5. The molecular formula is C32H29ClN4O2. The number of halogens is 1. The predicted octanol–water partition coefficient (Wildman–Crippen LogP) is 6.64. The van der Waals surface area contributed by atoms with Gasteiger partial charge in [0.2, 0.25) is 0 Å². The number of rotatable bonds is 6. The number of hydrogen-bond donors (Lipinski definition) is 0. The first-order valence-electron chi connectivity index (χ1n) is 13.1.